The summed E-state index contributed by atoms with van der Waals surface area (Å²) in [6, 6.07) is 1.35. The molecule has 0 aromatic rings. The van der Waals surface area contributed by atoms with Crippen LogP contribution in [0.15, 0.2) is 0 Å². The summed E-state index contributed by atoms with van der Waals surface area (Å²) in [5.41, 5.74) is 0. The minimum atomic E-state index is 0.633. The number of nitrogens with zero attached hydrogens (tertiary/aromatic N) is 1. The van der Waals surface area contributed by atoms with Crippen LogP contribution < -0.4 is 5.32 Å². The molecule has 0 fully saturated rings. The lowest BCUT2D eigenvalue weighted by atomic mass is 10.1. The summed E-state index contributed by atoms with van der Waals surface area (Å²) in [4.78, 5) is 2.53. The molecular weight excluding hydrogens is 228 g/mol. The summed E-state index contributed by atoms with van der Waals surface area (Å²) in [7, 11) is 2.27. The number of unbranched alkanes of at least 4 members (excludes halogenated alkanes) is 2. The molecule has 2 unspecified atom stereocenters. The largest absolute Gasteiger partial charge is 0.315 e. The Morgan fingerprint density at radius 3 is 2.47 bits per heavy atom. The normalized spacial score (nSPS) is 15.2. The van der Waals surface area contributed by atoms with Crippen molar-refractivity contribution in [1.29, 1.82) is 0 Å². The molecule has 0 aliphatic heterocycles. The van der Waals surface area contributed by atoms with Crippen LogP contribution in [-0.2, 0) is 0 Å². The van der Waals surface area contributed by atoms with Gasteiger partial charge in [-0.25, -0.2) is 0 Å². The van der Waals surface area contributed by atoms with Crippen LogP contribution in [0.1, 0.15) is 46.5 Å². The van der Waals surface area contributed by atoms with Gasteiger partial charge < -0.3 is 5.32 Å². The average molecular weight is 260 g/mol. The lowest BCUT2D eigenvalue weighted by Crippen LogP contribution is -2.44. The van der Waals surface area contributed by atoms with Crippen molar-refractivity contribution in [2.45, 2.75) is 58.5 Å². The van der Waals surface area contributed by atoms with Crippen molar-refractivity contribution in [3.8, 4) is 0 Å². The van der Waals surface area contributed by atoms with Gasteiger partial charge in [-0.05, 0) is 39.6 Å². The molecule has 104 valence electrons. The summed E-state index contributed by atoms with van der Waals surface area (Å²) in [5, 5.41) is 3.57. The van der Waals surface area contributed by atoms with E-state index in [1.807, 2.05) is 11.8 Å². The third-order valence-corrected chi connectivity index (χ3v) is 4.22. The van der Waals surface area contributed by atoms with Gasteiger partial charge in [-0.2, -0.15) is 11.8 Å². The van der Waals surface area contributed by atoms with Crippen LogP contribution >= 0.6 is 11.8 Å². The molecule has 2 atom stereocenters. The van der Waals surface area contributed by atoms with Gasteiger partial charge in [0.2, 0.25) is 0 Å². The molecule has 2 nitrogen and oxygen atoms in total. The Kier molecular flexibility index (Phi) is 11.5. The lowest BCUT2D eigenvalue weighted by molar-refractivity contribution is 0.191. The van der Waals surface area contributed by atoms with E-state index in [4.69, 9.17) is 0 Å². The highest BCUT2D eigenvalue weighted by Crippen LogP contribution is 2.11. The van der Waals surface area contributed by atoms with Gasteiger partial charge in [0.15, 0.2) is 0 Å². The van der Waals surface area contributed by atoms with Crippen LogP contribution in [0.3, 0.4) is 0 Å². The van der Waals surface area contributed by atoms with Crippen molar-refractivity contribution in [1.82, 2.24) is 10.2 Å². The minimum Gasteiger partial charge on any atom is -0.315 e. The van der Waals surface area contributed by atoms with Gasteiger partial charge in [0.25, 0.3) is 0 Å². The molecule has 0 aromatic carbocycles. The molecule has 0 spiro atoms. The van der Waals surface area contributed by atoms with E-state index in [-0.39, 0.29) is 0 Å². The Bertz CT molecular complexity index is 164. The van der Waals surface area contributed by atoms with E-state index in [2.05, 4.69) is 44.3 Å². The number of likely N-dealkylation sites (N-methyl/N-ethyl adjacent to an activating group) is 1. The van der Waals surface area contributed by atoms with Crippen molar-refractivity contribution >= 4 is 11.8 Å². The van der Waals surface area contributed by atoms with E-state index in [1.165, 1.54) is 38.0 Å². The second-order valence-electron chi connectivity index (χ2n) is 4.94. The molecule has 0 bridgehead atoms. The van der Waals surface area contributed by atoms with E-state index in [0.717, 1.165) is 12.6 Å². The number of nitrogens with one attached hydrogen (secondary N) is 1. The first-order valence-corrected chi connectivity index (χ1v) is 8.48. The first kappa shape index (κ1) is 17.3. The van der Waals surface area contributed by atoms with Crippen molar-refractivity contribution in [3.05, 3.63) is 0 Å². The predicted molar refractivity (Wildman–Crippen MR) is 82.1 cm³/mol. The standard InChI is InChI=1S/C14H32N2S/c1-6-8-9-10-15-11-13(3)16(4)14(7-2)12-17-5/h13-15H,6-12H2,1-5H3. The maximum Gasteiger partial charge on any atom is 0.0192 e. The fourth-order valence-electron chi connectivity index (χ4n) is 2.03. The van der Waals surface area contributed by atoms with Gasteiger partial charge in [-0.1, -0.05) is 26.7 Å². The first-order chi connectivity index (χ1) is 8.17. The molecule has 17 heavy (non-hydrogen) atoms. The summed E-state index contributed by atoms with van der Waals surface area (Å²) < 4.78 is 0. The highest BCUT2D eigenvalue weighted by molar-refractivity contribution is 7.98. The summed E-state index contributed by atoms with van der Waals surface area (Å²) >= 11 is 1.95. The van der Waals surface area contributed by atoms with Crippen LogP contribution in [0, 0.1) is 0 Å². The highest BCUT2D eigenvalue weighted by Gasteiger charge is 2.17. The summed E-state index contributed by atoms with van der Waals surface area (Å²) in [5.74, 6) is 1.24. The van der Waals surface area contributed by atoms with Gasteiger partial charge in [0, 0.05) is 24.4 Å². The first-order valence-electron chi connectivity index (χ1n) is 7.08. The van der Waals surface area contributed by atoms with Crippen molar-refractivity contribution < 1.29 is 0 Å². The van der Waals surface area contributed by atoms with Crippen molar-refractivity contribution in [2.24, 2.45) is 0 Å². The van der Waals surface area contributed by atoms with Gasteiger partial charge in [0.05, 0.1) is 0 Å². The quantitative estimate of drug-likeness (QED) is 0.574. The molecule has 0 aromatic heterocycles. The molecular formula is C14H32N2S. The Hall–Kier alpha value is 0.270. The number of thioether (sulfide) groups is 1. The Morgan fingerprint density at radius 2 is 1.94 bits per heavy atom. The summed E-state index contributed by atoms with van der Waals surface area (Å²) in [6.45, 7) is 9.16. The van der Waals surface area contributed by atoms with Crippen LogP contribution in [-0.4, -0.2) is 49.1 Å². The van der Waals surface area contributed by atoms with Crippen LogP contribution in [0.4, 0.5) is 0 Å². The van der Waals surface area contributed by atoms with Gasteiger partial charge in [-0.3, -0.25) is 4.90 Å². The smallest absolute Gasteiger partial charge is 0.0192 e. The zero-order valence-corrected chi connectivity index (χ0v) is 13.3. The van der Waals surface area contributed by atoms with Gasteiger partial charge in [-0.15, -0.1) is 0 Å². The van der Waals surface area contributed by atoms with Gasteiger partial charge >= 0.3 is 0 Å². The Morgan fingerprint density at radius 1 is 1.24 bits per heavy atom. The maximum absolute atomic E-state index is 3.57. The van der Waals surface area contributed by atoms with E-state index >= 15 is 0 Å². The molecule has 3 heteroatoms. The fraction of sp³-hybridized carbons (Fsp3) is 1.00. The molecule has 0 aliphatic carbocycles. The third-order valence-electron chi connectivity index (χ3n) is 3.50. The Labute approximate surface area is 113 Å². The summed E-state index contributed by atoms with van der Waals surface area (Å²) in [6.07, 6.45) is 7.42. The zero-order valence-electron chi connectivity index (χ0n) is 12.5. The minimum absolute atomic E-state index is 0.633. The van der Waals surface area contributed by atoms with Crippen molar-refractivity contribution in [2.75, 3.05) is 32.1 Å². The second kappa shape index (κ2) is 11.4. The predicted octanol–water partition coefficient (Wildman–Crippen LogP) is 3.23. The fourth-order valence-corrected chi connectivity index (χ4v) is 2.89. The SMILES string of the molecule is CCCCCNCC(C)N(C)C(CC)CSC. The lowest BCUT2D eigenvalue weighted by Gasteiger charge is -2.32. The topological polar surface area (TPSA) is 15.3 Å². The number of hydrogen-bond acceptors (Lipinski definition) is 3. The van der Waals surface area contributed by atoms with Gasteiger partial charge in [0.1, 0.15) is 0 Å². The van der Waals surface area contributed by atoms with Crippen LogP contribution in [0.25, 0.3) is 0 Å². The number of hydrogen-bond donors (Lipinski definition) is 1. The molecule has 0 saturated heterocycles. The van der Waals surface area contributed by atoms with Crippen LogP contribution in [0.5, 0.6) is 0 Å². The molecule has 0 saturated carbocycles. The number of rotatable bonds is 11. The second-order valence-corrected chi connectivity index (χ2v) is 5.85. The van der Waals surface area contributed by atoms with E-state index in [9.17, 15) is 0 Å². The monoisotopic (exact) mass is 260 g/mol. The molecule has 0 aliphatic rings. The highest BCUT2D eigenvalue weighted by atomic mass is 32.2. The molecule has 0 radical (unpaired) electrons. The van der Waals surface area contributed by atoms with E-state index in [1.54, 1.807) is 0 Å². The molecule has 1 N–H and O–H groups in total. The van der Waals surface area contributed by atoms with Crippen LogP contribution in [0.2, 0.25) is 0 Å². The third kappa shape index (κ3) is 8.06. The van der Waals surface area contributed by atoms with E-state index < -0.39 is 0 Å². The Balaban J connectivity index is 3.74. The molecule has 0 heterocycles. The zero-order chi connectivity index (χ0) is 13.1. The maximum atomic E-state index is 3.57. The molecule has 0 rings (SSSR count). The average Bonchev–Trinajstić information content (AvgIpc) is 2.34. The van der Waals surface area contributed by atoms with E-state index in [0.29, 0.717) is 6.04 Å². The molecule has 0 amide bonds. The van der Waals surface area contributed by atoms with Crippen molar-refractivity contribution in [3.63, 3.8) is 0 Å².